The number of allylic oxidation sites excluding steroid dienone is 2. The quantitative estimate of drug-likeness (QED) is 0.556. The Morgan fingerprint density at radius 3 is 2.78 bits per heavy atom. The second-order valence-corrected chi connectivity index (χ2v) is 3.58. The van der Waals surface area contributed by atoms with Crippen LogP contribution in [0.3, 0.4) is 0 Å². The maximum absolute atomic E-state index is 11.3. The van der Waals surface area contributed by atoms with Gasteiger partial charge in [0.2, 0.25) is 0 Å². The topological polar surface area (TPSA) is 72.9 Å². The number of ether oxygens (including phenoxy) is 2. The third-order valence-corrected chi connectivity index (χ3v) is 2.41. The first-order chi connectivity index (χ1) is 8.62. The summed E-state index contributed by atoms with van der Waals surface area (Å²) in [7, 11) is 1.25. The van der Waals surface area contributed by atoms with Gasteiger partial charge in [-0.05, 0) is 6.92 Å². The van der Waals surface area contributed by atoms with Gasteiger partial charge in [-0.1, -0.05) is 6.08 Å². The Morgan fingerprint density at radius 1 is 1.50 bits per heavy atom. The van der Waals surface area contributed by atoms with Crippen molar-refractivity contribution >= 4 is 18.3 Å². The molecule has 0 spiro atoms. The Hall–Kier alpha value is -2.11. The van der Waals surface area contributed by atoms with E-state index in [1.807, 2.05) is 0 Å². The van der Waals surface area contributed by atoms with Gasteiger partial charge in [-0.3, -0.25) is 14.5 Å². The zero-order valence-electron chi connectivity index (χ0n) is 10.3. The fourth-order valence-corrected chi connectivity index (χ4v) is 1.53. The van der Waals surface area contributed by atoms with Crippen LogP contribution in [0.5, 0.6) is 0 Å². The van der Waals surface area contributed by atoms with Crippen LogP contribution >= 0.6 is 0 Å². The molecule has 0 unspecified atom stereocenters. The molecule has 0 aliphatic carbocycles. The Morgan fingerprint density at radius 2 is 2.22 bits per heavy atom. The standard InChI is InChI=1S/C12H15NO5/c1-3-18-11(15)6-9-4-5-13(12(16)17-2)7-10(9)8-14/h4-5,7-9H,3,6H2,1-2H3/t9-/m0/s1. The maximum Gasteiger partial charge on any atom is 0.417 e. The summed E-state index contributed by atoms with van der Waals surface area (Å²) in [5, 5.41) is 0. The van der Waals surface area contributed by atoms with E-state index in [9.17, 15) is 14.4 Å². The number of carbonyl (C=O) groups excluding carboxylic acids is 3. The number of esters is 1. The molecule has 0 aromatic carbocycles. The third kappa shape index (κ3) is 3.44. The Balaban J connectivity index is 2.74. The van der Waals surface area contributed by atoms with Gasteiger partial charge >= 0.3 is 12.1 Å². The Bertz CT molecular complexity index is 399. The van der Waals surface area contributed by atoms with Gasteiger partial charge < -0.3 is 9.47 Å². The van der Waals surface area contributed by atoms with E-state index in [2.05, 4.69) is 4.74 Å². The predicted octanol–water partition coefficient (Wildman–Crippen LogP) is 1.23. The molecule has 0 radical (unpaired) electrons. The molecule has 0 saturated carbocycles. The smallest absolute Gasteiger partial charge is 0.417 e. The van der Waals surface area contributed by atoms with Gasteiger partial charge in [0.05, 0.1) is 20.1 Å². The van der Waals surface area contributed by atoms with Crippen LogP contribution in [-0.2, 0) is 19.1 Å². The average Bonchev–Trinajstić information content (AvgIpc) is 2.38. The van der Waals surface area contributed by atoms with Crippen LogP contribution in [-0.4, -0.2) is 37.0 Å². The lowest BCUT2D eigenvalue weighted by Gasteiger charge is -2.21. The molecule has 0 aromatic rings. The van der Waals surface area contributed by atoms with Crippen molar-refractivity contribution in [2.45, 2.75) is 13.3 Å². The molecule has 6 heteroatoms. The van der Waals surface area contributed by atoms with Gasteiger partial charge in [0.1, 0.15) is 6.29 Å². The van der Waals surface area contributed by atoms with Crippen molar-refractivity contribution in [3.8, 4) is 0 Å². The van der Waals surface area contributed by atoms with Gasteiger partial charge in [-0.25, -0.2) is 4.79 Å². The summed E-state index contributed by atoms with van der Waals surface area (Å²) < 4.78 is 9.33. The number of rotatable bonds is 4. The predicted molar refractivity (Wildman–Crippen MR) is 62.3 cm³/mol. The highest BCUT2D eigenvalue weighted by Gasteiger charge is 2.22. The van der Waals surface area contributed by atoms with Gasteiger partial charge in [0.15, 0.2) is 0 Å². The summed E-state index contributed by atoms with van der Waals surface area (Å²) in [6.07, 6.45) is 4.50. The molecule has 1 atom stereocenters. The first-order valence-electron chi connectivity index (χ1n) is 5.49. The fraction of sp³-hybridized carbons (Fsp3) is 0.417. The highest BCUT2D eigenvalue weighted by atomic mass is 16.5. The summed E-state index contributed by atoms with van der Waals surface area (Å²) in [5.74, 6) is -0.756. The van der Waals surface area contributed by atoms with Crippen molar-refractivity contribution < 1.29 is 23.9 Å². The van der Waals surface area contributed by atoms with E-state index in [0.29, 0.717) is 18.5 Å². The number of hydrogen-bond donors (Lipinski definition) is 0. The van der Waals surface area contributed by atoms with E-state index in [0.717, 1.165) is 4.90 Å². The van der Waals surface area contributed by atoms with Gasteiger partial charge in [0, 0.05) is 23.9 Å². The maximum atomic E-state index is 11.3. The van der Waals surface area contributed by atoms with Gasteiger partial charge in [-0.15, -0.1) is 0 Å². The van der Waals surface area contributed by atoms with Crippen molar-refractivity contribution in [1.82, 2.24) is 4.90 Å². The van der Waals surface area contributed by atoms with Crippen LogP contribution in [0.25, 0.3) is 0 Å². The van der Waals surface area contributed by atoms with Crippen LogP contribution in [0.15, 0.2) is 24.0 Å². The Labute approximate surface area is 105 Å². The zero-order chi connectivity index (χ0) is 13.5. The lowest BCUT2D eigenvalue weighted by molar-refractivity contribution is -0.143. The molecule has 1 aliphatic rings. The summed E-state index contributed by atoms with van der Waals surface area (Å²) in [6.45, 7) is 2.01. The molecule has 18 heavy (non-hydrogen) atoms. The minimum atomic E-state index is -0.597. The van der Waals surface area contributed by atoms with Crippen LogP contribution in [0.4, 0.5) is 4.79 Å². The van der Waals surface area contributed by atoms with Crippen molar-refractivity contribution in [3.63, 3.8) is 0 Å². The third-order valence-electron chi connectivity index (χ3n) is 2.41. The molecule has 0 bridgehead atoms. The number of amides is 1. The number of nitrogens with zero attached hydrogens (tertiary/aromatic N) is 1. The normalized spacial score (nSPS) is 18.0. The summed E-state index contributed by atoms with van der Waals surface area (Å²) >= 11 is 0. The lowest BCUT2D eigenvalue weighted by atomic mass is 9.95. The molecule has 1 amide bonds. The second-order valence-electron chi connectivity index (χ2n) is 3.58. The first-order valence-corrected chi connectivity index (χ1v) is 5.49. The first kappa shape index (κ1) is 14.0. The number of aldehydes is 1. The number of hydrogen-bond acceptors (Lipinski definition) is 5. The minimum absolute atomic E-state index is 0.0733. The largest absolute Gasteiger partial charge is 0.466 e. The van der Waals surface area contributed by atoms with Gasteiger partial charge in [0.25, 0.3) is 0 Å². The summed E-state index contributed by atoms with van der Waals surface area (Å²) in [4.78, 5) is 34.7. The molecule has 1 heterocycles. The van der Waals surface area contributed by atoms with E-state index in [4.69, 9.17) is 4.74 Å². The highest BCUT2D eigenvalue weighted by Crippen LogP contribution is 2.22. The van der Waals surface area contributed by atoms with Crippen molar-refractivity contribution in [1.29, 1.82) is 0 Å². The molecule has 1 rings (SSSR count). The van der Waals surface area contributed by atoms with E-state index in [-0.39, 0.29) is 18.3 Å². The van der Waals surface area contributed by atoms with Crippen molar-refractivity contribution in [2.24, 2.45) is 5.92 Å². The van der Waals surface area contributed by atoms with Crippen LogP contribution in [0, 0.1) is 5.92 Å². The fourth-order valence-electron chi connectivity index (χ4n) is 1.53. The van der Waals surface area contributed by atoms with E-state index < -0.39 is 6.09 Å². The molecule has 1 aliphatic heterocycles. The van der Waals surface area contributed by atoms with Crippen LogP contribution < -0.4 is 0 Å². The molecular weight excluding hydrogens is 238 g/mol. The minimum Gasteiger partial charge on any atom is -0.466 e. The van der Waals surface area contributed by atoms with Crippen LogP contribution in [0.2, 0.25) is 0 Å². The zero-order valence-corrected chi connectivity index (χ0v) is 10.3. The lowest BCUT2D eigenvalue weighted by Crippen LogP contribution is -2.26. The molecule has 98 valence electrons. The summed E-state index contributed by atoms with van der Waals surface area (Å²) in [5.41, 5.74) is 0.330. The molecule has 0 saturated heterocycles. The average molecular weight is 253 g/mol. The van der Waals surface area contributed by atoms with E-state index in [1.165, 1.54) is 19.5 Å². The molecule has 0 N–H and O–H groups in total. The Kier molecular flexibility index (Phi) is 5.10. The monoisotopic (exact) mass is 253 g/mol. The number of carbonyl (C=O) groups is 3. The van der Waals surface area contributed by atoms with Crippen LogP contribution in [0.1, 0.15) is 13.3 Å². The van der Waals surface area contributed by atoms with Crippen molar-refractivity contribution in [3.05, 3.63) is 24.0 Å². The molecule has 0 fully saturated rings. The van der Waals surface area contributed by atoms with E-state index in [1.54, 1.807) is 13.0 Å². The highest BCUT2D eigenvalue weighted by molar-refractivity contribution is 5.81. The second kappa shape index (κ2) is 6.58. The number of methoxy groups -OCH3 is 1. The van der Waals surface area contributed by atoms with E-state index >= 15 is 0 Å². The SMILES string of the molecule is CCOC(=O)C[C@@H]1C=CN(C(=O)OC)C=C1C=O. The van der Waals surface area contributed by atoms with Crippen molar-refractivity contribution in [2.75, 3.05) is 13.7 Å². The summed E-state index contributed by atoms with van der Waals surface area (Å²) in [6, 6.07) is 0. The molecule has 0 aromatic heterocycles. The molecule has 6 nitrogen and oxygen atoms in total. The van der Waals surface area contributed by atoms with Gasteiger partial charge in [-0.2, -0.15) is 0 Å². The molecular formula is C12H15NO5.